The summed E-state index contributed by atoms with van der Waals surface area (Å²) in [5.41, 5.74) is 0. The third kappa shape index (κ3) is 3.88. The van der Waals surface area contributed by atoms with Crippen LogP contribution >= 0.6 is 0 Å². The molecular formula is C11H18N2O2. The predicted octanol–water partition coefficient (Wildman–Crippen LogP) is 1.22. The predicted molar refractivity (Wildman–Crippen MR) is 56.0 cm³/mol. The maximum atomic E-state index is 11.6. The molecule has 0 radical (unpaired) electrons. The summed E-state index contributed by atoms with van der Waals surface area (Å²) in [5, 5.41) is 11.2. The molecule has 0 aromatic carbocycles. The third-order valence-electron chi connectivity index (χ3n) is 2.66. The molecule has 15 heavy (non-hydrogen) atoms. The van der Waals surface area contributed by atoms with Crippen LogP contribution in [-0.2, 0) is 9.53 Å². The SMILES string of the molecule is CC1CCOC1C(=O)NCCCCC#N. The van der Waals surface area contributed by atoms with Crippen molar-refractivity contribution in [3.63, 3.8) is 0 Å². The smallest absolute Gasteiger partial charge is 0.249 e. The van der Waals surface area contributed by atoms with Gasteiger partial charge in [0.1, 0.15) is 6.10 Å². The second-order valence-electron chi connectivity index (χ2n) is 3.96. The molecule has 1 saturated heterocycles. The van der Waals surface area contributed by atoms with Crippen LogP contribution < -0.4 is 5.32 Å². The van der Waals surface area contributed by atoms with E-state index in [9.17, 15) is 4.79 Å². The minimum Gasteiger partial charge on any atom is -0.368 e. The zero-order chi connectivity index (χ0) is 11.1. The normalized spacial score (nSPS) is 24.8. The molecule has 0 aliphatic carbocycles. The van der Waals surface area contributed by atoms with E-state index >= 15 is 0 Å². The third-order valence-corrected chi connectivity index (χ3v) is 2.66. The van der Waals surface area contributed by atoms with Crippen LogP contribution in [0.5, 0.6) is 0 Å². The molecular weight excluding hydrogens is 192 g/mol. The Labute approximate surface area is 90.6 Å². The minimum atomic E-state index is -0.263. The highest BCUT2D eigenvalue weighted by molar-refractivity contribution is 5.81. The highest BCUT2D eigenvalue weighted by atomic mass is 16.5. The van der Waals surface area contributed by atoms with Gasteiger partial charge in [0.2, 0.25) is 5.91 Å². The quantitative estimate of drug-likeness (QED) is 0.694. The van der Waals surface area contributed by atoms with Crippen LogP contribution in [0.1, 0.15) is 32.6 Å². The van der Waals surface area contributed by atoms with Crippen molar-refractivity contribution in [3.8, 4) is 6.07 Å². The molecule has 4 nitrogen and oxygen atoms in total. The molecule has 4 heteroatoms. The first-order valence-corrected chi connectivity index (χ1v) is 5.52. The first-order chi connectivity index (χ1) is 7.25. The second kappa shape index (κ2) is 6.41. The Bertz CT molecular complexity index is 247. The lowest BCUT2D eigenvalue weighted by Crippen LogP contribution is -2.37. The van der Waals surface area contributed by atoms with Crippen molar-refractivity contribution in [2.75, 3.05) is 13.2 Å². The molecule has 1 N–H and O–H groups in total. The molecule has 0 aromatic rings. The van der Waals surface area contributed by atoms with Gasteiger partial charge in [0.15, 0.2) is 0 Å². The van der Waals surface area contributed by atoms with Gasteiger partial charge >= 0.3 is 0 Å². The van der Waals surface area contributed by atoms with E-state index in [1.54, 1.807) is 0 Å². The highest BCUT2D eigenvalue weighted by Gasteiger charge is 2.30. The fraction of sp³-hybridized carbons (Fsp3) is 0.818. The van der Waals surface area contributed by atoms with Crippen molar-refractivity contribution in [1.82, 2.24) is 5.32 Å². The van der Waals surface area contributed by atoms with Gasteiger partial charge in [-0.3, -0.25) is 4.79 Å². The molecule has 1 fully saturated rings. The monoisotopic (exact) mass is 210 g/mol. The van der Waals surface area contributed by atoms with Gasteiger partial charge in [-0.15, -0.1) is 0 Å². The van der Waals surface area contributed by atoms with Crippen molar-refractivity contribution in [2.45, 2.75) is 38.7 Å². The average Bonchev–Trinajstić information content (AvgIpc) is 2.64. The average molecular weight is 210 g/mol. The maximum absolute atomic E-state index is 11.6. The summed E-state index contributed by atoms with van der Waals surface area (Å²) < 4.78 is 5.34. The number of carbonyl (C=O) groups is 1. The molecule has 0 aromatic heterocycles. The lowest BCUT2D eigenvalue weighted by Gasteiger charge is -2.14. The standard InChI is InChI=1S/C11H18N2O2/c1-9-5-8-15-10(9)11(14)13-7-4-2-3-6-12/h9-10H,2-5,7-8H2,1H3,(H,13,14). The number of unbranched alkanes of at least 4 members (excludes halogenated alkanes) is 2. The van der Waals surface area contributed by atoms with Gasteiger partial charge < -0.3 is 10.1 Å². The minimum absolute atomic E-state index is 0.00282. The number of nitrogens with one attached hydrogen (secondary N) is 1. The number of rotatable bonds is 5. The number of hydrogen-bond acceptors (Lipinski definition) is 3. The fourth-order valence-electron chi connectivity index (χ4n) is 1.67. The van der Waals surface area contributed by atoms with Gasteiger partial charge in [-0.2, -0.15) is 5.26 Å². The van der Waals surface area contributed by atoms with Crippen LogP contribution in [-0.4, -0.2) is 25.2 Å². The van der Waals surface area contributed by atoms with E-state index < -0.39 is 0 Å². The van der Waals surface area contributed by atoms with E-state index in [1.165, 1.54) is 0 Å². The molecule has 0 bridgehead atoms. The van der Waals surface area contributed by atoms with Crippen LogP contribution in [0.4, 0.5) is 0 Å². The maximum Gasteiger partial charge on any atom is 0.249 e. The fourth-order valence-corrected chi connectivity index (χ4v) is 1.67. The zero-order valence-electron chi connectivity index (χ0n) is 9.16. The van der Waals surface area contributed by atoms with E-state index in [0.717, 1.165) is 19.3 Å². The molecule has 1 aliphatic heterocycles. The van der Waals surface area contributed by atoms with Crippen molar-refractivity contribution < 1.29 is 9.53 Å². The number of nitriles is 1. The molecule has 1 heterocycles. The van der Waals surface area contributed by atoms with Gasteiger partial charge in [0.05, 0.1) is 6.07 Å². The van der Waals surface area contributed by atoms with Crippen LogP contribution in [0.25, 0.3) is 0 Å². The summed E-state index contributed by atoms with van der Waals surface area (Å²) in [6.45, 7) is 3.37. The summed E-state index contributed by atoms with van der Waals surface area (Å²) in [6, 6.07) is 2.08. The van der Waals surface area contributed by atoms with E-state index in [0.29, 0.717) is 25.5 Å². The highest BCUT2D eigenvalue weighted by Crippen LogP contribution is 2.19. The number of carbonyl (C=O) groups excluding carboxylic acids is 1. The largest absolute Gasteiger partial charge is 0.368 e. The molecule has 1 amide bonds. The van der Waals surface area contributed by atoms with Gasteiger partial charge in [0, 0.05) is 19.6 Å². The number of ether oxygens (including phenoxy) is 1. The number of hydrogen-bond donors (Lipinski definition) is 1. The van der Waals surface area contributed by atoms with Gasteiger partial charge in [-0.05, 0) is 25.2 Å². The Morgan fingerprint density at radius 3 is 3.00 bits per heavy atom. The van der Waals surface area contributed by atoms with E-state index in [-0.39, 0.29) is 12.0 Å². The molecule has 2 unspecified atom stereocenters. The Kier molecular flexibility index (Phi) is 5.13. The molecule has 0 spiro atoms. The van der Waals surface area contributed by atoms with Gasteiger partial charge in [-0.25, -0.2) is 0 Å². The molecule has 1 rings (SSSR count). The van der Waals surface area contributed by atoms with Gasteiger partial charge in [0.25, 0.3) is 0 Å². The summed E-state index contributed by atoms with van der Waals surface area (Å²) >= 11 is 0. The molecule has 84 valence electrons. The number of amides is 1. The summed E-state index contributed by atoms with van der Waals surface area (Å²) in [6.07, 6.45) is 2.97. The topological polar surface area (TPSA) is 62.1 Å². The Hall–Kier alpha value is -1.08. The van der Waals surface area contributed by atoms with Crippen LogP contribution in [0.3, 0.4) is 0 Å². The van der Waals surface area contributed by atoms with Crippen molar-refractivity contribution in [1.29, 1.82) is 5.26 Å². The van der Waals surface area contributed by atoms with Crippen LogP contribution in [0.15, 0.2) is 0 Å². The lowest BCUT2D eigenvalue weighted by molar-refractivity contribution is -0.131. The zero-order valence-corrected chi connectivity index (χ0v) is 9.16. The van der Waals surface area contributed by atoms with Crippen molar-refractivity contribution in [3.05, 3.63) is 0 Å². The summed E-state index contributed by atoms with van der Waals surface area (Å²) in [5.74, 6) is 0.320. The van der Waals surface area contributed by atoms with Crippen molar-refractivity contribution in [2.24, 2.45) is 5.92 Å². The van der Waals surface area contributed by atoms with E-state index in [4.69, 9.17) is 10.00 Å². The van der Waals surface area contributed by atoms with E-state index in [1.807, 2.05) is 6.92 Å². The summed E-state index contributed by atoms with van der Waals surface area (Å²) in [4.78, 5) is 11.6. The molecule has 2 atom stereocenters. The Balaban J connectivity index is 2.11. The van der Waals surface area contributed by atoms with Crippen LogP contribution in [0.2, 0.25) is 0 Å². The Morgan fingerprint density at radius 1 is 1.60 bits per heavy atom. The van der Waals surface area contributed by atoms with Gasteiger partial charge in [-0.1, -0.05) is 6.92 Å². The molecule has 1 aliphatic rings. The lowest BCUT2D eigenvalue weighted by atomic mass is 10.0. The van der Waals surface area contributed by atoms with Crippen molar-refractivity contribution >= 4 is 5.91 Å². The number of nitrogens with zero attached hydrogens (tertiary/aromatic N) is 1. The first-order valence-electron chi connectivity index (χ1n) is 5.52. The van der Waals surface area contributed by atoms with Crippen LogP contribution in [0, 0.1) is 17.2 Å². The van der Waals surface area contributed by atoms with E-state index in [2.05, 4.69) is 11.4 Å². The Morgan fingerprint density at radius 2 is 2.40 bits per heavy atom. The summed E-state index contributed by atoms with van der Waals surface area (Å²) in [7, 11) is 0. The first kappa shape index (κ1) is 12.0. The molecule has 0 saturated carbocycles. The second-order valence-corrected chi connectivity index (χ2v) is 3.96.